The number of hydrogen-bond donors (Lipinski definition) is 1. The number of nitrogens with one attached hydrogen (secondary N) is 1. The van der Waals surface area contributed by atoms with E-state index in [-0.39, 0.29) is 24.3 Å². The van der Waals surface area contributed by atoms with Crippen LogP contribution in [0.1, 0.15) is 25.7 Å². The van der Waals surface area contributed by atoms with Crippen molar-refractivity contribution in [3.8, 4) is 0 Å². The number of aromatic nitrogens is 4. The minimum absolute atomic E-state index is 0.0282. The summed E-state index contributed by atoms with van der Waals surface area (Å²) in [5, 5.41) is 14.2. The molecule has 2 amide bonds. The van der Waals surface area contributed by atoms with Gasteiger partial charge in [0, 0.05) is 39.3 Å². The van der Waals surface area contributed by atoms with Crippen LogP contribution in [0.25, 0.3) is 0 Å². The number of likely N-dealkylation sites (tertiary alicyclic amines) is 2. The third kappa shape index (κ3) is 5.46. The predicted octanol–water partition coefficient (Wildman–Crippen LogP) is -0.861. The molecule has 0 saturated carbocycles. The van der Waals surface area contributed by atoms with Crippen molar-refractivity contribution in [2.75, 3.05) is 46.4 Å². The van der Waals surface area contributed by atoms with E-state index in [4.69, 9.17) is 4.74 Å². The van der Waals surface area contributed by atoms with Crippen LogP contribution in [-0.4, -0.2) is 94.3 Å². The van der Waals surface area contributed by atoms with Crippen LogP contribution in [-0.2, 0) is 20.9 Å². The molecule has 10 nitrogen and oxygen atoms in total. The van der Waals surface area contributed by atoms with Crippen LogP contribution in [0.4, 0.5) is 0 Å². The van der Waals surface area contributed by atoms with Crippen LogP contribution in [0.15, 0.2) is 6.33 Å². The maximum atomic E-state index is 12.3. The van der Waals surface area contributed by atoms with Gasteiger partial charge in [0.05, 0.1) is 12.5 Å². The molecular weight excluding hydrogens is 350 g/mol. The second-order valence-corrected chi connectivity index (χ2v) is 7.20. The first-order valence-electron chi connectivity index (χ1n) is 9.66. The summed E-state index contributed by atoms with van der Waals surface area (Å²) in [4.78, 5) is 30.3. The van der Waals surface area contributed by atoms with Crippen molar-refractivity contribution in [2.24, 2.45) is 5.92 Å². The van der Waals surface area contributed by atoms with E-state index in [1.54, 1.807) is 7.11 Å². The topological polar surface area (TPSA) is 105 Å². The molecule has 0 aromatic carbocycles. The van der Waals surface area contributed by atoms with E-state index < -0.39 is 0 Å². The lowest BCUT2D eigenvalue weighted by Gasteiger charge is -2.42. The van der Waals surface area contributed by atoms with Crippen LogP contribution >= 0.6 is 0 Å². The fourth-order valence-electron chi connectivity index (χ4n) is 3.94. The predicted molar refractivity (Wildman–Crippen MR) is 96.6 cm³/mol. The van der Waals surface area contributed by atoms with Crippen molar-refractivity contribution in [3.63, 3.8) is 0 Å². The molecule has 1 aromatic rings. The monoisotopic (exact) mass is 379 g/mol. The Morgan fingerprint density at radius 3 is 2.74 bits per heavy atom. The van der Waals surface area contributed by atoms with Crippen molar-refractivity contribution in [2.45, 2.75) is 38.3 Å². The first-order chi connectivity index (χ1) is 13.2. The van der Waals surface area contributed by atoms with Crippen molar-refractivity contribution < 1.29 is 14.3 Å². The highest BCUT2D eigenvalue weighted by atomic mass is 16.5. The highest BCUT2D eigenvalue weighted by Gasteiger charge is 2.32. The van der Waals surface area contributed by atoms with Crippen molar-refractivity contribution in [1.82, 2.24) is 35.3 Å². The number of amides is 2. The van der Waals surface area contributed by atoms with Gasteiger partial charge in [0.25, 0.3) is 0 Å². The second-order valence-electron chi connectivity index (χ2n) is 7.20. The standard InChI is InChI=1S/C17H29N7O3/c1-27-10-6-18-17(26)14-3-2-7-23(11-14)15-4-8-22(9-5-15)16(25)12-24-20-13-19-21-24/h13-15H,2-12H2,1H3,(H,18,26)/t14-/m0/s1. The second kappa shape index (κ2) is 9.75. The largest absolute Gasteiger partial charge is 0.383 e. The summed E-state index contributed by atoms with van der Waals surface area (Å²) in [6.07, 6.45) is 5.19. The summed E-state index contributed by atoms with van der Waals surface area (Å²) in [7, 11) is 1.63. The molecule has 0 radical (unpaired) electrons. The van der Waals surface area contributed by atoms with E-state index in [0.29, 0.717) is 19.2 Å². The molecule has 1 atom stereocenters. The van der Waals surface area contributed by atoms with E-state index in [1.165, 1.54) is 11.1 Å². The Labute approximate surface area is 159 Å². The lowest BCUT2D eigenvalue weighted by atomic mass is 9.93. The summed E-state index contributed by atoms with van der Waals surface area (Å²) < 4.78 is 4.99. The smallest absolute Gasteiger partial charge is 0.246 e. The summed E-state index contributed by atoms with van der Waals surface area (Å²) in [6.45, 7) is 4.55. The van der Waals surface area contributed by atoms with Crippen LogP contribution < -0.4 is 5.32 Å². The van der Waals surface area contributed by atoms with E-state index in [9.17, 15) is 9.59 Å². The number of carbonyl (C=O) groups is 2. The molecule has 1 aromatic heterocycles. The van der Waals surface area contributed by atoms with Crippen LogP contribution in [0.5, 0.6) is 0 Å². The van der Waals surface area contributed by atoms with Crippen LogP contribution in [0, 0.1) is 5.92 Å². The van der Waals surface area contributed by atoms with Gasteiger partial charge in [-0.15, -0.1) is 10.2 Å². The SMILES string of the molecule is COCCNC(=O)[C@H]1CCCN(C2CCN(C(=O)Cn3ncnn3)CC2)C1. The fraction of sp³-hybridized carbons (Fsp3) is 0.824. The van der Waals surface area contributed by atoms with Crippen LogP contribution in [0.2, 0.25) is 0 Å². The summed E-state index contributed by atoms with van der Waals surface area (Å²) >= 11 is 0. The molecule has 27 heavy (non-hydrogen) atoms. The maximum Gasteiger partial charge on any atom is 0.246 e. The zero-order valence-corrected chi connectivity index (χ0v) is 15.9. The number of nitrogens with zero attached hydrogens (tertiary/aromatic N) is 6. The Bertz CT molecular complexity index is 602. The number of ether oxygens (including phenoxy) is 1. The van der Waals surface area contributed by atoms with Gasteiger partial charge in [0.15, 0.2) is 6.33 Å². The van der Waals surface area contributed by atoms with Gasteiger partial charge in [0.2, 0.25) is 11.8 Å². The number of rotatable bonds is 7. The van der Waals surface area contributed by atoms with Crippen molar-refractivity contribution >= 4 is 11.8 Å². The molecule has 150 valence electrons. The minimum Gasteiger partial charge on any atom is -0.383 e. The molecule has 0 aliphatic carbocycles. The van der Waals surface area contributed by atoms with Crippen molar-refractivity contribution in [3.05, 3.63) is 6.33 Å². The van der Waals surface area contributed by atoms with Gasteiger partial charge in [-0.1, -0.05) is 0 Å². The number of tetrazole rings is 1. The molecule has 0 spiro atoms. The van der Waals surface area contributed by atoms with Gasteiger partial charge >= 0.3 is 0 Å². The molecule has 2 aliphatic heterocycles. The lowest BCUT2D eigenvalue weighted by Crippen LogP contribution is -2.52. The Kier molecular flexibility index (Phi) is 7.11. The number of piperidine rings is 2. The van der Waals surface area contributed by atoms with Gasteiger partial charge < -0.3 is 15.0 Å². The van der Waals surface area contributed by atoms with Gasteiger partial charge in [-0.05, 0) is 37.4 Å². The van der Waals surface area contributed by atoms with Crippen LogP contribution in [0.3, 0.4) is 0 Å². The highest BCUT2D eigenvalue weighted by Crippen LogP contribution is 2.24. The molecule has 2 fully saturated rings. The third-order valence-electron chi connectivity index (χ3n) is 5.43. The Balaban J connectivity index is 1.43. The van der Waals surface area contributed by atoms with Gasteiger partial charge in [-0.2, -0.15) is 4.80 Å². The van der Waals surface area contributed by atoms with E-state index in [2.05, 4.69) is 25.6 Å². The zero-order chi connectivity index (χ0) is 19.1. The first kappa shape index (κ1) is 19.7. The fourth-order valence-corrected chi connectivity index (χ4v) is 3.94. The number of hydrogen-bond acceptors (Lipinski definition) is 7. The minimum atomic E-state index is 0.0282. The summed E-state index contributed by atoms with van der Waals surface area (Å²) in [6, 6.07) is 0.438. The Morgan fingerprint density at radius 2 is 2.04 bits per heavy atom. The average Bonchev–Trinajstić information content (AvgIpc) is 3.21. The van der Waals surface area contributed by atoms with Gasteiger partial charge in [-0.25, -0.2) is 0 Å². The maximum absolute atomic E-state index is 12.3. The molecule has 2 saturated heterocycles. The van der Waals surface area contributed by atoms with E-state index >= 15 is 0 Å². The molecule has 3 rings (SSSR count). The first-order valence-corrected chi connectivity index (χ1v) is 9.66. The van der Waals surface area contributed by atoms with E-state index in [1.807, 2.05) is 4.90 Å². The molecule has 1 N–H and O–H groups in total. The number of carbonyl (C=O) groups excluding carboxylic acids is 2. The molecular formula is C17H29N7O3. The van der Waals surface area contributed by atoms with Gasteiger partial charge in [-0.3, -0.25) is 14.5 Å². The highest BCUT2D eigenvalue weighted by molar-refractivity contribution is 5.79. The van der Waals surface area contributed by atoms with E-state index in [0.717, 1.165) is 51.9 Å². The number of methoxy groups -OCH3 is 1. The summed E-state index contributed by atoms with van der Waals surface area (Å²) in [5.74, 6) is 0.207. The average molecular weight is 379 g/mol. The third-order valence-corrected chi connectivity index (χ3v) is 5.43. The molecule has 2 aliphatic rings. The molecule has 0 bridgehead atoms. The normalized spacial score (nSPS) is 22.0. The molecule has 10 heteroatoms. The zero-order valence-electron chi connectivity index (χ0n) is 15.9. The molecule has 3 heterocycles. The summed E-state index contributed by atoms with van der Waals surface area (Å²) in [5.41, 5.74) is 0. The van der Waals surface area contributed by atoms with Gasteiger partial charge in [0.1, 0.15) is 6.54 Å². The Morgan fingerprint density at radius 1 is 1.22 bits per heavy atom. The quantitative estimate of drug-likeness (QED) is 0.615. The molecule has 0 unspecified atom stereocenters. The Hall–Kier alpha value is -2.07. The lowest BCUT2D eigenvalue weighted by molar-refractivity contribution is -0.134. The van der Waals surface area contributed by atoms with Crippen molar-refractivity contribution in [1.29, 1.82) is 0 Å².